The summed E-state index contributed by atoms with van der Waals surface area (Å²) < 4.78 is 16.3. The van der Waals surface area contributed by atoms with E-state index in [1.165, 1.54) is 44.9 Å². The highest BCUT2D eigenvalue weighted by Crippen LogP contribution is 2.18. The molecule has 0 aromatic heterocycles. The maximum absolute atomic E-state index is 6.18. The third-order valence-electron chi connectivity index (χ3n) is 4.17. The van der Waals surface area contributed by atoms with Crippen LogP contribution in [0.3, 0.4) is 0 Å². The van der Waals surface area contributed by atoms with Crippen molar-refractivity contribution in [2.45, 2.75) is 83.2 Å². The van der Waals surface area contributed by atoms with Gasteiger partial charge in [0.1, 0.15) is 0 Å². The minimum atomic E-state index is -2.40. The first kappa shape index (κ1) is 21.1. The number of unbranched alkanes of at least 4 members (excludes halogenated alkanes) is 6. The van der Waals surface area contributed by atoms with Crippen molar-refractivity contribution in [3.63, 3.8) is 0 Å². The normalized spacial score (nSPS) is 13.6. The summed E-state index contributed by atoms with van der Waals surface area (Å²) in [4.78, 5) is 0. The Hall–Kier alpha value is 0.0569. The molecule has 0 rings (SSSR count). The van der Waals surface area contributed by atoms with Crippen molar-refractivity contribution in [2.24, 2.45) is 5.73 Å². The molecule has 5 heteroatoms. The molecule has 0 aliphatic carbocycles. The Kier molecular flexibility index (Phi) is 13.7. The van der Waals surface area contributed by atoms with Gasteiger partial charge >= 0.3 is 8.80 Å². The summed E-state index contributed by atoms with van der Waals surface area (Å²) in [5.41, 5.74) is 6.18. The van der Waals surface area contributed by atoms with Crippen molar-refractivity contribution in [3.05, 3.63) is 0 Å². The summed E-state index contributed by atoms with van der Waals surface area (Å²) in [6, 6.07) is 1.15. The van der Waals surface area contributed by atoms with Gasteiger partial charge in [0.05, 0.1) is 0 Å². The van der Waals surface area contributed by atoms with E-state index in [9.17, 15) is 0 Å². The van der Waals surface area contributed by atoms with Crippen molar-refractivity contribution in [2.75, 3.05) is 21.3 Å². The lowest BCUT2D eigenvalue weighted by atomic mass is 10.0. The standard InChI is InChI=1S/C16H37NO3Si/c1-5-6-7-8-9-10-11-13-16(17)14-12-15-21(18-2,19-3)20-4/h16H,5-15,17H2,1-4H3. The van der Waals surface area contributed by atoms with E-state index in [0.29, 0.717) is 6.04 Å². The van der Waals surface area contributed by atoms with Crippen LogP contribution < -0.4 is 5.73 Å². The Morgan fingerprint density at radius 2 is 1.24 bits per heavy atom. The smallest absolute Gasteiger partial charge is 0.377 e. The summed E-state index contributed by atoms with van der Waals surface area (Å²) in [6.45, 7) is 2.26. The van der Waals surface area contributed by atoms with Crippen LogP contribution in [0.2, 0.25) is 6.04 Å². The molecule has 0 aliphatic heterocycles. The van der Waals surface area contributed by atoms with Gasteiger partial charge in [0, 0.05) is 33.4 Å². The molecule has 21 heavy (non-hydrogen) atoms. The fraction of sp³-hybridized carbons (Fsp3) is 1.00. The monoisotopic (exact) mass is 319 g/mol. The van der Waals surface area contributed by atoms with Crippen LogP contribution in [-0.4, -0.2) is 36.2 Å². The predicted octanol–water partition coefficient (Wildman–Crippen LogP) is 4.11. The lowest BCUT2D eigenvalue weighted by Gasteiger charge is -2.24. The molecule has 2 N–H and O–H groups in total. The minimum absolute atomic E-state index is 0.304. The van der Waals surface area contributed by atoms with Gasteiger partial charge in [0.25, 0.3) is 0 Å². The Morgan fingerprint density at radius 3 is 1.76 bits per heavy atom. The van der Waals surface area contributed by atoms with E-state index >= 15 is 0 Å². The van der Waals surface area contributed by atoms with Gasteiger partial charge in [-0.2, -0.15) is 0 Å². The molecule has 0 amide bonds. The zero-order valence-electron chi connectivity index (χ0n) is 14.7. The molecule has 0 spiro atoms. The maximum Gasteiger partial charge on any atom is 0.500 e. The summed E-state index contributed by atoms with van der Waals surface area (Å²) in [7, 11) is 2.60. The van der Waals surface area contributed by atoms with E-state index in [4.69, 9.17) is 19.0 Å². The minimum Gasteiger partial charge on any atom is -0.377 e. The number of hydrogen-bond donors (Lipinski definition) is 1. The number of rotatable bonds is 15. The topological polar surface area (TPSA) is 53.7 Å². The molecule has 0 aromatic rings. The van der Waals surface area contributed by atoms with Crippen molar-refractivity contribution < 1.29 is 13.3 Å². The molecule has 0 radical (unpaired) electrons. The van der Waals surface area contributed by atoms with E-state index < -0.39 is 8.80 Å². The van der Waals surface area contributed by atoms with Crippen molar-refractivity contribution in [1.29, 1.82) is 0 Å². The third kappa shape index (κ3) is 10.4. The molecular weight excluding hydrogens is 282 g/mol. The maximum atomic E-state index is 6.18. The van der Waals surface area contributed by atoms with E-state index in [1.54, 1.807) is 21.3 Å². The van der Waals surface area contributed by atoms with Crippen molar-refractivity contribution in [1.82, 2.24) is 0 Å². The molecule has 0 fully saturated rings. The molecule has 1 atom stereocenters. The second-order valence-electron chi connectivity index (χ2n) is 5.86. The van der Waals surface area contributed by atoms with Gasteiger partial charge in [-0.3, -0.25) is 0 Å². The zero-order chi connectivity index (χ0) is 16.0. The van der Waals surface area contributed by atoms with Crippen LogP contribution in [0.4, 0.5) is 0 Å². The molecule has 0 aromatic carbocycles. The van der Waals surface area contributed by atoms with E-state index in [2.05, 4.69) is 6.92 Å². The summed E-state index contributed by atoms with van der Waals surface area (Å²) in [5.74, 6) is 0. The number of hydrogen-bond acceptors (Lipinski definition) is 4. The first-order valence-electron chi connectivity index (χ1n) is 8.55. The summed E-state index contributed by atoms with van der Waals surface area (Å²) in [5, 5.41) is 0. The van der Waals surface area contributed by atoms with Crippen molar-refractivity contribution in [3.8, 4) is 0 Å². The molecule has 128 valence electrons. The Bertz CT molecular complexity index is 217. The molecule has 0 saturated carbocycles. The number of nitrogens with two attached hydrogens (primary N) is 1. The second-order valence-corrected chi connectivity index (χ2v) is 8.95. The molecule has 1 unspecified atom stereocenters. The largest absolute Gasteiger partial charge is 0.500 e. The summed E-state index contributed by atoms with van der Waals surface area (Å²) >= 11 is 0. The van der Waals surface area contributed by atoms with Gasteiger partial charge in [-0.25, -0.2) is 0 Å². The van der Waals surface area contributed by atoms with Gasteiger partial charge in [-0.05, 0) is 19.3 Å². The fourth-order valence-corrected chi connectivity index (χ4v) is 4.39. The Morgan fingerprint density at radius 1 is 0.762 bits per heavy atom. The average molecular weight is 320 g/mol. The van der Waals surface area contributed by atoms with Gasteiger partial charge in [0.2, 0.25) is 0 Å². The molecule has 0 aliphatic rings. The van der Waals surface area contributed by atoms with Gasteiger partial charge in [0.15, 0.2) is 0 Å². The molecule has 4 nitrogen and oxygen atoms in total. The van der Waals surface area contributed by atoms with E-state index in [1.807, 2.05) is 0 Å². The van der Waals surface area contributed by atoms with Gasteiger partial charge in [-0.15, -0.1) is 0 Å². The highest BCUT2D eigenvalue weighted by Gasteiger charge is 2.36. The van der Waals surface area contributed by atoms with Gasteiger partial charge in [-0.1, -0.05) is 51.9 Å². The van der Waals surface area contributed by atoms with Crippen LogP contribution in [0.15, 0.2) is 0 Å². The van der Waals surface area contributed by atoms with Crippen LogP contribution in [0.25, 0.3) is 0 Å². The average Bonchev–Trinajstić information content (AvgIpc) is 2.51. The molecule has 0 bridgehead atoms. The van der Waals surface area contributed by atoms with E-state index in [-0.39, 0.29) is 0 Å². The van der Waals surface area contributed by atoms with Gasteiger partial charge < -0.3 is 19.0 Å². The Balaban J connectivity index is 3.55. The molecule has 0 saturated heterocycles. The van der Waals surface area contributed by atoms with Crippen LogP contribution >= 0.6 is 0 Å². The molecule has 0 heterocycles. The second kappa shape index (κ2) is 13.7. The highest BCUT2D eigenvalue weighted by molar-refractivity contribution is 6.60. The van der Waals surface area contributed by atoms with Crippen LogP contribution in [0, 0.1) is 0 Å². The van der Waals surface area contributed by atoms with Crippen LogP contribution in [0.1, 0.15) is 71.1 Å². The van der Waals surface area contributed by atoms with Crippen LogP contribution in [0.5, 0.6) is 0 Å². The Labute approximate surface area is 133 Å². The van der Waals surface area contributed by atoms with Crippen molar-refractivity contribution >= 4 is 8.80 Å². The first-order chi connectivity index (χ1) is 10.1. The lowest BCUT2D eigenvalue weighted by Crippen LogP contribution is -2.42. The zero-order valence-corrected chi connectivity index (χ0v) is 15.7. The summed E-state index contributed by atoms with van der Waals surface area (Å²) in [6.07, 6.45) is 12.6. The lowest BCUT2D eigenvalue weighted by molar-refractivity contribution is 0.122. The van der Waals surface area contributed by atoms with E-state index in [0.717, 1.165) is 25.3 Å². The fourth-order valence-electron chi connectivity index (χ4n) is 2.64. The first-order valence-corrected chi connectivity index (χ1v) is 10.5. The molecular formula is C16H37NO3Si. The third-order valence-corrected chi connectivity index (χ3v) is 7.00. The van der Waals surface area contributed by atoms with Crippen LogP contribution in [-0.2, 0) is 13.3 Å². The quantitative estimate of drug-likeness (QED) is 0.364. The SMILES string of the molecule is CCCCCCCCCC(N)CCC[Si](OC)(OC)OC. The predicted molar refractivity (Wildman–Crippen MR) is 91.4 cm³/mol. The highest BCUT2D eigenvalue weighted by atomic mass is 28.4.